The van der Waals surface area contributed by atoms with Crippen molar-refractivity contribution >= 4 is 5.91 Å². The molecule has 0 saturated carbocycles. The summed E-state index contributed by atoms with van der Waals surface area (Å²) in [5.74, 6) is 0.946. The minimum absolute atomic E-state index is 0.160. The number of rotatable bonds is 6. The van der Waals surface area contributed by atoms with Crippen LogP contribution in [0.3, 0.4) is 0 Å². The zero-order chi connectivity index (χ0) is 15.1. The molecule has 2 N–H and O–H groups in total. The van der Waals surface area contributed by atoms with Gasteiger partial charge in [0.05, 0.1) is 12.5 Å². The van der Waals surface area contributed by atoms with Gasteiger partial charge >= 0.3 is 0 Å². The van der Waals surface area contributed by atoms with Gasteiger partial charge < -0.3 is 20.1 Å². The van der Waals surface area contributed by atoms with Gasteiger partial charge in [-0.3, -0.25) is 4.79 Å². The van der Waals surface area contributed by atoms with E-state index in [1.807, 2.05) is 29.2 Å². The highest BCUT2D eigenvalue weighted by molar-refractivity contribution is 5.79. The lowest BCUT2D eigenvalue weighted by atomic mass is 10.1. The average Bonchev–Trinajstić information content (AvgIpc) is 2.54. The first-order valence-corrected chi connectivity index (χ1v) is 7.45. The number of carbonyl (C=O) groups is 1. The summed E-state index contributed by atoms with van der Waals surface area (Å²) >= 11 is 0. The fraction of sp³-hybridized carbons (Fsp3) is 0.562. The molecule has 1 heterocycles. The lowest BCUT2D eigenvalue weighted by Crippen LogP contribution is -2.43. The summed E-state index contributed by atoms with van der Waals surface area (Å²) < 4.78 is 10.8. The van der Waals surface area contributed by atoms with Gasteiger partial charge in [-0.2, -0.15) is 0 Å². The molecule has 1 unspecified atom stereocenters. The van der Waals surface area contributed by atoms with Crippen LogP contribution < -0.4 is 10.5 Å². The second-order valence-corrected chi connectivity index (χ2v) is 5.30. The van der Waals surface area contributed by atoms with Gasteiger partial charge in [-0.1, -0.05) is 12.1 Å². The van der Waals surface area contributed by atoms with E-state index in [9.17, 15) is 4.79 Å². The van der Waals surface area contributed by atoms with Crippen molar-refractivity contribution in [2.45, 2.75) is 25.4 Å². The van der Waals surface area contributed by atoms with Gasteiger partial charge in [0, 0.05) is 26.7 Å². The molecule has 1 amide bonds. The third kappa shape index (κ3) is 4.72. The Morgan fingerprint density at radius 2 is 2.14 bits per heavy atom. The molecule has 1 aromatic carbocycles. The Morgan fingerprint density at radius 1 is 1.38 bits per heavy atom. The largest absolute Gasteiger partial charge is 0.492 e. The molecule has 1 fully saturated rings. The van der Waals surface area contributed by atoms with Gasteiger partial charge in [0.15, 0.2) is 0 Å². The van der Waals surface area contributed by atoms with Crippen LogP contribution in [-0.2, 0) is 16.0 Å². The molecule has 1 atom stereocenters. The molecular weight excluding hydrogens is 268 g/mol. The Morgan fingerprint density at radius 3 is 2.81 bits per heavy atom. The summed E-state index contributed by atoms with van der Waals surface area (Å²) in [6, 6.07) is 7.63. The first kappa shape index (κ1) is 15.8. The van der Waals surface area contributed by atoms with Crippen molar-refractivity contribution in [2.24, 2.45) is 5.73 Å². The predicted molar refractivity (Wildman–Crippen MR) is 81.3 cm³/mol. The smallest absolute Gasteiger partial charge is 0.227 e. The van der Waals surface area contributed by atoms with Gasteiger partial charge in [0.25, 0.3) is 0 Å². The number of carbonyl (C=O) groups excluding carboxylic acids is 1. The van der Waals surface area contributed by atoms with Crippen molar-refractivity contribution in [1.29, 1.82) is 0 Å². The molecular formula is C16H24N2O3. The van der Waals surface area contributed by atoms with Crippen LogP contribution in [0.1, 0.15) is 18.4 Å². The summed E-state index contributed by atoms with van der Waals surface area (Å²) in [6.07, 6.45) is 2.65. The van der Waals surface area contributed by atoms with E-state index >= 15 is 0 Å². The molecule has 1 aliphatic rings. The number of benzene rings is 1. The molecule has 1 aliphatic heterocycles. The minimum atomic E-state index is 0.160. The van der Waals surface area contributed by atoms with Crippen LogP contribution in [0.5, 0.6) is 5.75 Å². The van der Waals surface area contributed by atoms with Gasteiger partial charge in [-0.15, -0.1) is 0 Å². The number of nitrogens with two attached hydrogens (primary N) is 1. The molecule has 1 saturated heterocycles. The Kier molecular flexibility index (Phi) is 6.02. The molecule has 21 heavy (non-hydrogen) atoms. The summed E-state index contributed by atoms with van der Waals surface area (Å²) in [6.45, 7) is 2.53. The van der Waals surface area contributed by atoms with Gasteiger partial charge in [0.1, 0.15) is 12.4 Å². The number of hydrogen-bond donors (Lipinski definition) is 1. The number of ether oxygens (including phenoxy) is 2. The fourth-order valence-electron chi connectivity index (χ4n) is 2.52. The Hall–Kier alpha value is -1.59. The van der Waals surface area contributed by atoms with E-state index in [4.69, 9.17) is 15.2 Å². The molecule has 5 heteroatoms. The van der Waals surface area contributed by atoms with Gasteiger partial charge in [0.2, 0.25) is 5.91 Å². The number of likely N-dealkylation sites (tertiary alicyclic amines) is 1. The molecule has 1 aromatic rings. The van der Waals surface area contributed by atoms with Crippen LogP contribution in [0.2, 0.25) is 0 Å². The van der Waals surface area contributed by atoms with E-state index in [-0.39, 0.29) is 12.0 Å². The maximum Gasteiger partial charge on any atom is 0.227 e. The molecule has 5 nitrogen and oxygen atoms in total. The number of methoxy groups -OCH3 is 1. The third-order valence-electron chi connectivity index (χ3n) is 3.73. The van der Waals surface area contributed by atoms with E-state index in [0.717, 1.165) is 30.7 Å². The van der Waals surface area contributed by atoms with Crippen LogP contribution in [0.4, 0.5) is 0 Å². The third-order valence-corrected chi connectivity index (χ3v) is 3.73. The molecule has 0 spiro atoms. The minimum Gasteiger partial charge on any atom is -0.492 e. The first-order chi connectivity index (χ1) is 10.2. The average molecular weight is 292 g/mol. The maximum absolute atomic E-state index is 12.3. The van der Waals surface area contributed by atoms with E-state index in [2.05, 4.69) is 0 Å². The maximum atomic E-state index is 12.3. The molecule has 0 radical (unpaired) electrons. The highest BCUT2D eigenvalue weighted by atomic mass is 16.5. The summed E-state index contributed by atoms with van der Waals surface area (Å²) in [7, 11) is 1.71. The van der Waals surface area contributed by atoms with Crippen molar-refractivity contribution in [3.8, 4) is 5.75 Å². The van der Waals surface area contributed by atoms with Crippen LogP contribution in [0.15, 0.2) is 24.3 Å². The van der Waals surface area contributed by atoms with Crippen LogP contribution in [-0.4, -0.2) is 50.3 Å². The summed E-state index contributed by atoms with van der Waals surface area (Å²) in [5, 5.41) is 0. The molecule has 0 aliphatic carbocycles. The lowest BCUT2D eigenvalue weighted by Gasteiger charge is -2.32. The standard InChI is InChI=1S/C16H24N2O3/c1-20-15-3-2-9-18(12-15)16(19)11-13-4-6-14(7-5-13)21-10-8-17/h4-7,15H,2-3,8-12,17H2,1H3. The number of hydrogen-bond acceptors (Lipinski definition) is 4. The Balaban J connectivity index is 1.87. The van der Waals surface area contributed by atoms with Crippen molar-refractivity contribution in [2.75, 3.05) is 33.4 Å². The van der Waals surface area contributed by atoms with Crippen molar-refractivity contribution < 1.29 is 14.3 Å². The molecule has 116 valence electrons. The van der Waals surface area contributed by atoms with Crippen LogP contribution in [0, 0.1) is 0 Å². The van der Waals surface area contributed by atoms with Crippen molar-refractivity contribution in [3.63, 3.8) is 0 Å². The quantitative estimate of drug-likeness (QED) is 0.856. The van der Waals surface area contributed by atoms with Crippen molar-refractivity contribution in [3.05, 3.63) is 29.8 Å². The van der Waals surface area contributed by atoms with Gasteiger partial charge in [-0.05, 0) is 30.5 Å². The molecule has 2 rings (SSSR count). The topological polar surface area (TPSA) is 64.8 Å². The lowest BCUT2D eigenvalue weighted by molar-refractivity contribution is -0.134. The number of nitrogens with zero attached hydrogens (tertiary/aromatic N) is 1. The predicted octanol–water partition coefficient (Wildman–Crippen LogP) is 1.20. The second-order valence-electron chi connectivity index (χ2n) is 5.30. The SMILES string of the molecule is COC1CCCN(C(=O)Cc2ccc(OCCN)cc2)C1. The monoisotopic (exact) mass is 292 g/mol. The highest BCUT2D eigenvalue weighted by Crippen LogP contribution is 2.16. The van der Waals surface area contributed by atoms with E-state index in [0.29, 0.717) is 26.1 Å². The Bertz CT molecular complexity index is 447. The van der Waals surface area contributed by atoms with Crippen molar-refractivity contribution in [1.82, 2.24) is 4.90 Å². The fourth-order valence-corrected chi connectivity index (χ4v) is 2.52. The molecule has 0 bridgehead atoms. The van der Waals surface area contributed by atoms with Gasteiger partial charge in [-0.25, -0.2) is 0 Å². The Labute approximate surface area is 126 Å². The van der Waals surface area contributed by atoms with E-state index in [1.54, 1.807) is 7.11 Å². The number of amides is 1. The van der Waals surface area contributed by atoms with Crippen LogP contribution in [0.25, 0.3) is 0 Å². The zero-order valence-corrected chi connectivity index (χ0v) is 12.6. The van der Waals surface area contributed by atoms with Crippen LogP contribution >= 0.6 is 0 Å². The zero-order valence-electron chi connectivity index (χ0n) is 12.6. The number of piperidine rings is 1. The van der Waals surface area contributed by atoms with E-state index < -0.39 is 0 Å². The summed E-state index contributed by atoms with van der Waals surface area (Å²) in [4.78, 5) is 14.2. The normalized spacial score (nSPS) is 18.6. The van der Waals surface area contributed by atoms with E-state index in [1.165, 1.54) is 0 Å². The highest BCUT2D eigenvalue weighted by Gasteiger charge is 2.23. The first-order valence-electron chi connectivity index (χ1n) is 7.45. The second kappa shape index (κ2) is 8.00. The summed E-state index contributed by atoms with van der Waals surface area (Å²) in [5.41, 5.74) is 6.39. The molecule has 0 aromatic heterocycles.